The van der Waals surface area contributed by atoms with Gasteiger partial charge in [-0.05, 0) is 61.6 Å². The number of piperazine rings is 1. The topological polar surface area (TPSA) is 63.7 Å². The Morgan fingerprint density at radius 3 is 2.53 bits per heavy atom. The number of benzene rings is 1. The monoisotopic (exact) mass is 484 g/mol. The van der Waals surface area contributed by atoms with E-state index in [1.54, 1.807) is 0 Å². The van der Waals surface area contributed by atoms with Crippen molar-refractivity contribution in [3.05, 3.63) is 30.3 Å². The second-order valence-electron chi connectivity index (χ2n) is 9.07. The van der Waals surface area contributed by atoms with Crippen molar-refractivity contribution in [1.29, 1.82) is 0 Å². The fourth-order valence-electron chi connectivity index (χ4n) is 4.17. The number of rotatable bonds is 10. The molecule has 1 unspecified atom stereocenters. The predicted octanol–water partition coefficient (Wildman–Crippen LogP) is 3.95. The van der Waals surface area contributed by atoms with Gasteiger partial charge in [-0.3, -0.25) is 4.79 Å². The zero-order valence-corrected chi connectivity index (χ0v) is 22.0. The van der Waals surface area contributed by atoms with Crippen LogP contribution in [-0.2, 0) is 4.79 Å². The van der Waals surface area contributed by atoms with Gasteiger partial charge in [0.15, 0.2) is 5.11 Å². The highest BCUT2D eigenvalue weighted by Crippen LogP contribution is 2.23. The summed E-state index contributed by atoms with van der Waals surface area (Å²) in [6.45, 7) is 15.7. The van der Waals surface area contributed by atoms with Gasteiger partial charge >= 0.3 is 0 Å². The summed E-state index contributed by atoms with van der Waals surface area (Å²) in [6.07, 6.45) is 1.69. The lowest BCUT2D eigenvalue weighted by Gasteiger charge is -2.36. The molecule has 2 N–H and O–H groups in total. The molecule has 1 fully saturated rings. The number of anilines is 2. The van der Waals surface area contributed by atoms with Gasteiger partial charge in [-0.2, -0.15) is 0 Å². The lowest BCUT2D eigenvalue weighted by Crippen LogP contribution is -2.49. The Morgan fingerprint density at radius 1 is 1.12 bits per heavy atom. The highest BCUT2D eigenvalue weighted by Gasteiger charge is 2.22. The van der Waals surface area contributed by atoms with Crippen LogP contribution in [0, 0.1) is 5.92 Å². The van der Waals surface area contributed by atoms with E-state index in [9.17, 15) is 4.79 Å². The zero-order valence-electron chi connectivity index (χ0n) is 21.1. The molecular formula is C26H40N6OS. The second-order valence-corrected chi connectivity index (χ2v) is 9.48. The average Bonchev–Trinajstić information content (AvgIpc) is 2.86. The summed E-state index contributed by atoms with van der Waals surface area (Å²) in [5, 5.41) is 8.27. The molecule has 1 aliphatic rings. The predicted molar refractivity (Wildman–Crippen MR) is 147 cm³/mol. The van der Waals surface area contributed by atoms with Crippen LogP contribution in [0.1, 0.15) is 40.5 Å². The first kappa shape index (κ1) is 26.2. The molecule has 1 aromatic heterocycles. The lowest BCUT2D eigenvalue weighted by atomic mass is 10.0. The van der Waals surface area contributed by atoms with Crippen molar-refractivity contribution in [2.75, 3.05) is 62.6 Å². The van der Waals surface area contributed by atoms with Crippen LogP contribution in [0.5, 0.6) is 0 Å². The van der Waals surface area contributed by atoms with E-state index in [1.165, 1.54) is 0 Å². The third kappa shape index (κ3) is 7.27. The van der Waals surface area contributed by atoms with Crippen LogP contribution in [-0.4, -0.2) is 78.2 Å². The fraction of sp³-hybridized carbons (Fsp3) is 0.577. The summed E-state index contributed by atoms with van der Waals surface area (Å²) < 4.78 is 0. The van der Waals surface area contributed by atoms with Gasteiger partial charge in [0.2, 0.25) is 5.91 Å². The van der Waals surface area contributed by atoms with E-state index in [1.807, 2.05) is 17.0 Å². The van der Waals surface area contributed by atoms with Gasteiger partial charge < -0.3 is 25.3 Å². The van der Waals surface area contributed by atoms with E-state index >= 15 is 0 Å². The van der Waals surface area contributed by atoms with Crippen molar-refractivity contribution in [3.63, 3.8) is 0 Å². The van der Waals surface area contributed by atoms with Crippen LogP contribution < -0.4 is 15.5 Å². The van der Waals surface area contributed by atoms with Gasteiger partial charge in [-0.1, -0.05) is 34.1 Å². The van der Waals surface area contributed by atoms with Crippen LogP contribution >= 0.6 is 12.2 Å². The smallest absolute Gasteiger partial charge is 0.222 e. The quantitative estimate of drug-likeness (QED) is 0.495. The Bertz CT molecular complexity index is 955. The number of hydrogen-bond acceptors (Lipinski definition) is 5. The molecule has 1 aromatic carbocycles. The summed E-state index contributed by atoms with van der Waals surface area (Å²) in [6, 6.07) is 10.3. The summed E-state index contributed by atoms with van der Waals surface area (Å²) in [5.41, 5.74) is 1.91. The summed E-state index contributed by atoms with van der Waals surface area (Å²) in [4.78, 5) is 24.0. The fourth-order valence-corrected chi connectivity index (χ4v) is 4.39. The number of fused-ring (bicyclic) bond motifs is 1. The minimum atomic E-state index is 0.279. The van der Waals surface area contributed by atoms with Crippen molar-refractivity contribution >= 4 is 45.6 Å². The van der Waals surface area contributed by atoms with Gasteiger partial charge in [-0.15, -0.1) is 0 Å². The maximum absolute atomic E-state index is 12.5. The van der Waals surface area contributed by atoms with Crippen LogP contribution in [0.25, 0.3) is 10.9 Å². The molecule has 0 aliphatic carbocycles. The first-order valence-corrected chi connectivity index (χ1v) is 13.0. The Hall–Kier alpha value is -2.45. The molecule has 2 aromatic rings. The van der Waals surface area contributed by atoms with Gasteiger partial charge in [0.25, 0.3) is 0 Å². The van der Waals surface area contributed by atoms with Crippen molar-refractivity contribution in [3.8, 4) is 0 Å². The molecule has 1 aliphatic heterocycles. The minimum Gasteiger partial charge on any atom is -0.361 e. The van der Waals surface area contributed by atoms with Gasteiger partial charge in [0, 0.05) is 56.8 Å². The normalized spacial score (nSPS) is 15.0. The Kier molecular flexibility index (Phi) is 9.89. The highest BCUT2D eigenvalue weighted by molar-refractivity contribution is 7.80. The molecule has 8 heteroatoms. The largest absolute Gasteiger partial charge is 0.361 e. The Balaban J connectivity index is 1.53. The molecule has 186 valence electrons. The SMILES string of the molecule is CCC(C)CC(=O)N1CCN(c2ccc3cc(NC(=S)NCCN(CC)CC)ccc3n2)CC1. The van der Waals surface area contributed by atoms with E-state index in [0.717, 1.165) is 81.2 Å². The molecule has 0 saturated carbocycles. The number of amides is 1. The second kappa shape index (κ2) is 12.9. The van der Waals surface area contributed by atoms with E-state index in [0.29, 0.717) is 17.5 Å². The number of likely N-dealkylation sites (N-methyl/N-ethyl adjacent to an activating group) is 1. The molecule has 0 bridgehead atoms. The maximum Gasteiger partial charge on any atom is 0.222 e. The average molecular weight is 485 g/mol. The van der Waals surface area contributed by atoms with Crippen LogP contribution in [0.4, 0.5) is 11.5 Å². The first-order chi connectivity index (χ1) is 16.4. The number of pyridine rings is 1. The van der Waals surface area contributed by atoms with Gasteiger partial charge in [-0.25, -0.2) is 4.98 Å². The van der Waals surface area contributed by atoms with Crippen molar-refractivity contribution in [2.24, 2.45) is 5.92 Å². The highest BCUT2D eigenvalue weighted by atomic mass is 32.1. The third-order valence-electron chi connectivity index (χ3n) is 6.72. The molecular weight excluding hydrogens is 444 g/mol. The van der Waals surface area contributed by atoms with Crippen LogP contribution in [0.3, 0.4) is 0 Å². The Labute approximate surface area is 209 Å². The van der Waals surface area contributed by atoms with Crippen LogP contribution in [0.15, 0.2) is 30.3 Å². The number of carbonyl (C=O) groups is 1. The molecule has 1 amide bonds. The Morgan fingerprint density at radius 2 is 1.85 bits per heavy atom. The molecule has 2 heterocycles. The molecule has 3 rings (SSSR count). The molecule has 0 radical (unpaired) electrons. The molecule has 34 heavy (non-hydrogen) atoms. The molecule has 0 spiro atoms. The lowest BCUT2D eigenvalue weighted by molar-refractivity contribution is -0.132. The standard InChI is InChI=1S/C26H40N6OS/c1-5-20(4)18-25(33)32-16-14-31(15-17-32)24-11-8-21-19-22(9-10-23(21)29-24)28-26(34)27-12-13-30(6-2)7-3/h8-11,19-20H,5-7,12-18H2,1-4H3,(H2,27,28,34). The van der Waals surface area contributed by atoms with Crippen LogP contribution in [0.2, 0.25) is 0 Å². The number of thiocarbonyl (C=S) groups is 1. The molecule has 7 nitrogen and oxygen atoms in total. The summed E-state index contributed by atoms with van der Waals surface area (Å²) in [5.74, 6) is 1.70. The summed E-state index contributed by atoms with van der Waals surface area (Å²) >= 11 is 5.46. The van der Waals surface area contributed by atoms with Crippen molar-refractivity contribution < 1.29 is 4.79 Å². The molecule has 1 atom stereocenters. The first-order valence-electron chi connectivity index (χ1n) is 12.6. The minimum absolute atomic E-state index is 0.279. The van der Waals surface area contributed by atoms with Crippen molar-refractivity contribution in [2.45, 2.75) is 40.5 Å². The van der Waals surface area contributed by atoms with Gasteiger partial charge in [0.05, 0.1) is 5.52 Å². The number of carbonyl (C=O) groups excluding carboxylic acids is 1. The van der Waals surface area contributed by atoms with E-state index in [-0.39, 0.29) is 5.91 Å². The number of aromatic nitrogens is 1. The van der Waals surface area contributed by atoms with E-state index in [2.05, 4.69) is 66.3 Å². The van der Waals surface area contributed by atoms with Gasteiger partial charge in [0.1, 0.15) is 5.82 Å². The maximum atomic E-state index is 12.5. The van der Waals surface area contributed by atoms with E-state index < -0.39 is 0 Å². The van der Waals surface area contributed by atoms with E-state index in [4.69, 9.17) is 17.2 Å². The van der Waals surface area contributed by atoms with Crippen molar-refractivity contribution in [1.82, 2.24) is 20.1 Å². The number of nitrogens with zero attached hydrogens (tertiary/aromatic N) is 4. The molecule has 1 saturated heterocycles. The zero-order chi connectivity index (χ0) is 24.5. The number of hydrogen-bond donors (Lipinski definition) is 2. The number of nitrogens with one attached hydrogen (secondary N) is 2. The third-order valence-corrected chi connectivity index (χ3v) is 6.96. The summed E-state index contributed by atoms with van der Waals surface area (Å²) in [7, 11) is 0.